The fraction of sp³-hybridized carbons (Fsp3) is 0. The predicted octanol–water partition coefficient (Wildman–Crippen LogP) is 4.47. The van der Waals surface area contributed by atoms with E-state index in [4.69, 9.17) is 4.74 Å². The first kappa shape index (κ1) is 12.7. The van der Waals surface area contributed by atoms with Crippen molar-refractivity contribution in [1.29, 1.82) is 0 Å². The molecule has 0 N–H and O–H groups in total. The molecule has 3 nitrogen and oxygen atoms in total. The zero-order valence-electron chi connectivity index (χ0n) is 11.8. The Kier molecular flexibility index (Phi) is 2.90. The van der Waals surface area contributed by atoms with Gasteiger partial charge in [0.2, 0.25) is 5.71 Å². The van der Waals surface area contributed by atoms with Crippen molar-refractivity contribution in [3.63, 3.8) is 0 Å². The van der Waals surface area contributed by atoms with Gasteiger partial charge in [-0.2, -0.15) is 4.74 Å². The van der Waals surface area contributed by atoms with E-state index in [9.17, 15) is 5.21 Å². The van der Waals surface area contributed by atoms with Crippen molar-refractivity contribution in [3.05, 3.63) is 95.2 Å². The predicted molar refractivity (Wildman–Crippen MR) is 85.9 cm³/mol. The Hall–Kier alpha value is -3.07. The topological polar surface area (TPSA) is 35.3 Å². The van der Waals surface area contributed by atoms with Crippen LogP contribution in [0.4, 0.5) is 5.69 Å². The van der Waals surface area contributed by atoms with E-state index in [0.29, 0.717) is 22.9 Å². The lowest BCUT2D eigenvalue weighted by Crippen LogP contribution is -2.14. The summed E-state index contributed by atoms with van der Waals surface area (Å²) in [4.78, 5) is 0. The minimum absolute atomic E-state index is 0.512. The van der Waals surface area contributed by atoms with Crippen molar-refractivity contribution in [3.8, 4) is 11.5 Å². The third kappa shape index (κ3) is 1.95. The van der Waals surface area contributed by atoms with Crippen LogP contribution < -0.4 is 4.74 Å². The molecule has 0 aliphatic carbocycles. The van der Waals surface area contributed by atoms with Gasteiger partial charge in [-0.15, -0.1) is 0 Å². The molecule has 0 spiro atoms. The van der Waals surface area contributed by atoms with Gasteiger partial charge in [0.15, 0.2) is 5.75 Å². The summed E-state index contributed by atoms with van der Waals surface area (Å²) in [5.41, 5.74) is 2.77. The van der Waals surface area contributed by atoms with Gasteiger partial charge >= 0.3 is 0 Å². The number of para-hydroxylation sites is 3. The maximum atomic E-state index is 13.0. The summed E-state index contributed by atoms with van der Waals surface area (Å²) in [6.45, 7) is 0. The Balaban J connectivity index is 2.08. The fourth-order valence-electron chi connectivity index (χ4n) is 2.68. The molecule has 0 saturated carbocycles. The summed E-state index contributed by atoms with van der Waals surface area (Å²) < 4.78 is 6.92. The third-order valence-corrected chi connectivity index (χ3v) is 3.70. The van der Waals surface area contributed by atoms with Gasteiger partial charge in [-0.05, 0) is 30.3 Å². The lowest BCUT2D eigenvalue weighted by Gasteiger charge is -2.09. The fourth-order valence-corrected chi connectivity index (χ4v) is 2.68. The number of hydrogen-bond donors (Lipinski definition) is 0. The van der Waals surface area contributed by atoms with Crippen LogP contribution in [0.3, 0.4) is 0 Å². The Bertz CT molecular complexity index is 869. The highest BCUT2D eigenvalue weighted by atomic mass is 16.5. The molecule has 0 bridgehead atoms. The van der Waals surface area contributed by atoms with Gasteiger partial charge in [0.05, 0.1) is 5.56 Å². The van der Waals surface area contributed by atoms with Crippen molar-refractivity contribution in [2.24, 2.45) is 0 Å². The standard InChI is InChI=1S/C19H13NO2/c21-20-16-11-5-7-13-18(16)22-17-12-6-4-10-15(17)19(20)14-8-2-1-3-9-14/h1-13H. The SMILES string of the molecule is [O-][N+]1=C(c2ccccc2)c2ccccc2Oc2ccccc21. The zero-order chi connectivity index (χ0) is 14.9. The molecule has 4 rings (SSSR count). The minimum atomic E-state index is 0.512. The number of ether oxygens (including phenoxy) is 1. The third-order valence-electron chi connectivity index (χ3n) is 3.70. The molecule has 106 valence electrons. The maximum Gasteiger partial charge on any atom is 0.260 e. The average Bonchev–Trinajstić information content (AvgIpc) is 2.70. The molecular formula is C19H13NO2. The number of fused-ring (bicyclic) bond motifs is 2. The van der Waals surface area contributed by atoms with Gasteiger partial charge in [-0.3, -0.25) is 0 Å². The van der Waals surface area contributed by atoms with Crippen LogP contribution >= 0.6 is 0 Å². The van der Waals surface area contributed by atoms with Crippen LogP contribution in [0, 0.1) is 5.21 Å². The molecule has 1 aliphatic rings. The van der Waals surface area contributed by atoms with Crippen molar-refractivity contribution >= 4 is 11.4 Å². The van der Waals surface area contributed by atoms with E-state index < -0.39 is 0 Å². The molecule has 3 heteroatoms. The zero-order valence-corrected chi connectivity index (χ0v) is 11.8. The second-order valence-electron chi connectivity index (χ2n) is 5.07. The quantitative estimate of drug-likeness (QED) is 0.489. The molecule has 0 saturated heterocycles. The smallest absolute Gasteiger partial charge is 0.260 e. The van der Waals surface area contributed by atoms with Gasteiger partial charge in [0.25, 0.3) is 5.69 Å². The van der Waals surface area contributed by atoms with Crippen LogP contribution in [0.5, 0.6) is 11.5 Å². The minimum Gasteiger partial charge on any atom is -0.618 e. The van der Waals surface area contributed by atoms with Gasteiger partial charge in [0, 0.05) is 11.6 Å². The number of benzene rings is 3. The number of rotatable bonds is 1. The van der Waals surface area contributed by atoms with E-state index >= 15 is 0 Å². The van der Waals surface area contributed by atoms with Crippen LogP contribution in [-0.4, -0.2) is 10.5 Å². The van der Waals surface area contributed by atoms with Crippen LogP contribution in [0.2, 0.25) is 0 Å². The van der Waals surface area contributed by atoms with Crippen LogP contribution in [0.1, 0.15) is 11.1 Å². The molecular weight excluding hydrogens is 274 g/mol. The van der Waals surface area contributed by atoms with E-state index in [1.807, 2.05) is 72.8 Å². The van der Waals surface area contributed by atoms with Crippen molar-refractivity contribution in [2.45, 2.75) is 0 Å². The van der Waals surface area contributed by atoms with E-state index in [2.05, 4.69) is 0 Å². The molecule has 1 heterocycles. The molecule has 0 amide bonds. The summed E-state index contributed by atoms with van der Waals surface area (Å²) in [6.07, 6.45) is 0. The van der Waals surface area contributed by atoms with Gasteiger partial charge in [0.1, 0.15) is 5.75 Å². The Morgan fingerprint density at radius 2 is 1.32 bits per heavy atom. The Morgan fingerprint density at radius 3 is 2.14 bits per heavy atom. The lowest BCUT2D eigenvalue weighted by molar-refractivity contribution is -0.359. The van der Waals surface area contributed by atoms with Crippen LogP contribution in [0.25, 0.3) is 0 Å². The highest BCUT2D eigenvalue weighted by Crippen LogP contribution is 2.37. The highest BCUT2D eigenvalue weighted by Gasteiger charge is 2.27. The first-order valence-electron chi connectivity index (χ1n) is 7.10. The summed E-state index contributed by atoms with van der Waals surface area (Å²) in [5.74, 6) is 1.25. The second kappa shape index (κ2) is 5.04. The van der Waals surface area contributed by atoms with Gasteiger partial charge < -0.3 is 9.94 Å². The van der Waals surface area contributed by atoms with Crippen LogP contribution in [0.15, 0.2) is 78.9 Å². The Morgan fingerprint density at radius 1 is 0.682 bits per heavy atom. The molecule has 22 heavy (non-hydrogen) atoms. The first-order chi connectivity index (χ1) is 10.8. The molecule has 0 fully saturated rings. The maximum absolute atomic E-state index is 13.0. The van der Waals surface area contributed by atoms with E-state index in [1.165, 1.54) is 0 Å². The van der Waals surface area contributed by atoms with Crippen LogP contribution in [-0.2, 0) is 0 Å². The van der Waals surface area contributed by atoms with Crippen molar-refractivity contribution < 1.29 is 9.48 Å². The summed E-state index contributed by atoms with van der Waals surface area (Å²) >= 11 is 0. The normalized spacial score (nSPS) is 12.9. The Labute approximate surface area is 128 Å². The number of hydrogen-bond acceptors (Lipinski definition) is 2. The molecule has 0 unspecified atom stereocenters. The monoisotopic (exact) mass is 287 g/mol. The molecule has 0 radical (unpaired) electrons. The summed E-state index contributed by atoms with van der Waals surface area (Å²) in [6, 6.07) is 24.6. The molecule has 3 aromatic carbocycles. The second-order valence-corrected chi connectivity index (χ2v) is 5.07. The molecule has 3 aromatic rings. The van der Waals surface area contributed by atoms with E-state index in [1.54, 1.807) is 6.07 Å². The summed E-state index contributed by atoms with van der Waals surface area (Å²) in [5, 5.41) is 13.0. The lowest BCUT2D eigenvalue weighted by atomic mass is 10.0. The van der Waals surface area contributed by atoms with Crippen molar-refractivity contribution in [1.82, 2.24) is 0 Å². The van der Waals surface area contributed by atoms with E-state index in [-0.39, 0.29) is 0 Å². The highest BCUT2D eigenvalue weighted by molar-refractivity contribution is 6.12. The van der Waals surface area contributed by atoms with Crippen molar-refractivity contribution in [2.75, 3.05) is 0 Å². The van der Waals surface area contributed by atoms with E-state index in [0.717, 1.165) is 15.9 Å². The largest absolute Gasteiger partial charge is 0.618 e. The number of nitrogens with zero attached hydrogens (tertiary/aromatic N) is 1. The van der Waals surface area contributed by atoms with Gasteiger partial charge in [-0.25, -0.2) is 0 Å². The summed E-state index contributed by atoms with van der Waals surface area (Å²) in [7, 11) is 0. The first-order valence-corrected chi connectivity index (χ1v) is 7.10. The average molecular weight is 287 g/mol. The van der Waals surface area contributed by atoms with Gasteiger partial charge in [-0.1, -0.05) is 42.5 Å². The molecule has 1 aliphatic heterocycles. The molecule has 0 aromatic heterocycles. The molecule has 0 atom stereocenters.